The third-order valence-corrected chi connectivity index (χ3v) is 3.61. The molecule has 1 aromatic heterocycles. The standard InChI is InChI=1S/C19H14ClN3O2/c20-15-5-4-8-17(10-15)23-19(25)14-9-13(11-21-12-14)18(24)22-16-6-2-1-3-7-16/h1-12H,(H,22,24)(H,23,25). The maximum absolute atomic E-state index is 12.3. The van der Waals surface area contributed by atoms with E-state index in [2.05, 4.69) is 15.6 Å². The predicted octanol–water partition coefficient (Wildman–Crippen LogP) is 4.24. The minimum Gasteiger partial charge on any atom is -0.322 e. The van der Waals surface area contributed by atoms with Gasteiger partial charge in [-0.05, 0) is 36.4 Å². The summed E-state index contributed by atoms with van der Waals surface area (Å²) in [6.07, 6.45) is 2.81. The molecule has 0 bridgehead atoms. The highest BCUT2D eigenvalue weighted by Gasteiger charge is 2.12. The van der Waals surface area contributed by atoms with Gasteiger partial charge < -0.3 is 10.6 Å². The maximum atomic E-state index is 12.3. The summed E-state index contributed by atoms with van der Waals surface area (Å²) in [4.78, 5) is 28.6. The number of para-hydroxylation sites is 1. The fourth-order valence-electron chi connectivity index (χ4n) is 2.18. The molecule has 6 heteroatoms. The van der Waals surface area contributed by atoms with Crippen molar-refractivity contribution in [2.45, 2.75) is 0 Å². The number of rotatable bonds is 4. The van der Waals surface area contributed by atoms with Crippen LogP contribution in [0.5, 0.6) is 0 Å². The molecule has 3 aromatic rings. The van der Waals surface area contributed by atoms with E-state index in [0.29, 0.717) is 22.0 Å². The van der Waals surface area contributed by atoms with Gasteiger partial charge in [0, 0.05) is 28.8 Å². The number of aromatic nitrogens is 1. The first-order valence-electron chi connectivity index (χ1n) is 7.50. The Kier molecular flexibility index (Phi) is 5.06. The Hall–Kier alpha value is -3.18. The summed E-state index contributed by atoms with van der Waals surface area (Å²) in [7, 11) is 0. The highest BCUT2D eigenvalue weighted by atomic mass is 35.5. The van der Waals surface area contributed by atoms with Gasteiger partial charge >= 0.3 is 0 Å². The van der Waals surface area contributed by atoms with Crippen molar-refractivity contribution in [3.63, 3.8) is 0 Å². The normalized spacial score (nSPS) is 10.1. The molecule has 0 saturated heterocycles. The first kappa shape index (κ1) is 16.7. The lowest BCUT2D eigenvalue weighted by molar-refractivity contribution is 0.102. The lowest BCUT2D eigenvalue weighted by Crippen LogP contribution is -2.16. The van der Waals surface area contributed by atoms with E-state index in [-0.39, 0.29) is 17.4 Å². The zero-order valence-corrected chi connectivity index (χ0v) is 13.8. The van der Waals surface area contributed by atoms with Gasteiger partial charge in [0.2, 0.25) is 0 Å². The Morgan fingerprint density at radius 2 is 1.36 bits per heavy atom. The summed E-state index contributed by atoms with van der Waals surface area (Å²) in [5.74, 6) is -0.708. The van der Waals surface area contributed by atoms with Crippen molar-refractivity contribution >= 4 is 34.8 Å². The molecule has 5 nitrogen and oxygen atoms in total. The number of nitrogens with zero attached hydrogens (tertiary/aromatic N) is 1. The first-order valence-corrected chi connectivity index (χ1v) is 7.88. The Labute approximate surface area is 149 Å². The molecule has 0 aliphatic carbocycles. The molecule has 0 aliphatic rings. The van der Waals surface area contributed by atoms with E-state index in [9.17, 15) is 9.59 Å². The first-order chi connectivity index (χ1) is 12.1. The van der Waals surface area contributed by atoms with E-state index < -0.39 is 0 Å². The number of benzene rings is 2. The van der Waals surface area contributed by atoms with Crippen molar-refractivity contribution in [2.75, 3.05) is 10.6 Å². The minimum atomic E-state index is -0.371. The van der Waals surface area contributed by atoms with Crippen LogP contribution in [0.3, 0.4) is 0 Å². The lowest BCUT2D eigenvalue weighted by atomic mass is 10.1. The maximum Gasteiger partial charge on any atom is 0.257 e. The monoisotopic (exact) mass is 351 g/mol. The number of hydrogen-bond acceptors (Lipinski definition) is 3. The van der Waals surface area contributed by atoms with Crippen LogP contribution in [0.15, 0.2) is 73.1 Å². The van der Waals surface area contributed by atoms with Crippen molar-refractivity contribution in [3.8, 4) is 0 Å². The molecular weight excluding hydrogens is 338 g/mol. The number of anilines is 2. The van der Waals surface area contributed by atoms with E-state index in [1.165, 1.54) is 18.5 Å². The molecule has 1 heterocycles. The van der Waals surface area contributed by atoms with Crippen LogP contribution in [0.4, 0.5) is 11.4 Å². The Morgan fingerprint density at radius 3 is 2.00 bits per heavy atom. The van der Waals surface area contributed by atoms with E-state index in [1.807, 2.05) is 18.2 Å². The topological polar surface area (TPSA) is 71.1 Å². The molecule has 2 amide bonds. The van der Waals surface area contributed by atoms with E-state index in [1.54, 1.807) is 36.4 Å². The number of carbonyl (C=O) groups excluding carboxylic acids is 2. The van der Waals surface area contributed by atoms with E-state index in [0.717, 1.165) is 0 Å². The van der Waals surface area contributed by atoms with Crippen LogP contribution in [0.2, 0.25) is 5.02 Å². The second-order valence-corrected chi connectivity index (χ2v) is 5.68. The molecule has 2 aromatic carbocycles. The fraction of sp³-hybridized carbons (Fsp3) is 0. The number of halogens is 1. The van der Waals surface area contributed by atoms with Gasteiger partial charge in [0.1, 0.15) is 0 Å². The molecule has 0 aliphatic heterocycles. The average Bonchev–Trinajstić information content (AvgIpc) is 2.62. The third-order valence-electron chi connectivity index (χ3n) is 3.38. The van der Waals surface area contributed by atoms with E-state index in [4.69, 9.17) is 11.6 Å². The van der Waals surface area contributed by atoms with Crippen molar-refractivity contribution in [1.82, 2.24) is 4.98 Å². The van der Waals surface area contributed by atoms with Crippen molar-refractivity contribution in [1.29, 1.82) is 0 Å². The van der Waals surface area contributed by atoms with Gasteiger partial charge in [-0.15, -0.1) is 0 Å². The molecule has 0 radical (unpaired) electrons. The number of hydrogen-bond donors (Lipinski definition) is 2. The zero-order chi connectivity index (χ0) is 17.6. The molecule has 25 heavy (non-hydrogen) atoms. The Balaban J connectivity index is 1.74. The SMILES string of the molecule is O=C(Nc1ccccc1)c1cncc(C(=O)Nc2cccc(Cl)c2)c1. The highest BCUT2D eigenvalue weighted by Crippen LogP contribution is 2.16. The number of amides is 2. The van der Waals surface area contributed by atoms with Crippen LogP contribution in [-0.4, -0.2) is 16.8 Å². The number of carbonyl (C=O) groups is 2. The highest BCUT2D eigenvalue weighted by molar-refractivity contribution is 6.31. The molecule has 0 fully saturated rings. The van der Waals surface area contributed by atoms with Crippen LogP contribution in [-0.2, 0) is 0 Å². The summed E-state index contributed by atoms with van der Waals surface area (Å²) >= 11 is 5.90. The molecule has 3 rings (SSSR count). The zero-order valence-electron chi connectivity index (χ0n) is 13.1. The molecular formula is C19H14ClN3O2. The van der Waals surface area contributed by atoms with Gasteiger partial charge in [-0.1, -0.05) is 35.9 Å². The smallest absolute Gasteiger partial charge is 0.257 e. The van der Waals surface area contributed by atoms with Crippen molar-refractivity contribution < 1.29 is 9.59 Å². The lowest BCUT2D eigenvalue weighted by Gasteiger charge is -2.08. The molecule has 0 unspecified atom stereocenters. The molecule has 2 N–H and O–H groups in total. The largest absolute Gasteiger partial charge is 0.322 e. The molecule has 0 atom stereocenters. The quantitative estimate of drug-likeness (QED) is 0.738. The summed E-state index contributed by atoms with van der Waals surface area (Å²) in [5.41, 5.74) is 1.81. The molecule has 0 spiro atoms. The van der Waals surface area contributed by atoms with Crippen LogP contribution in [0, 0.1) is 0 Å². The Bertz CT molecular complexity index is 913. The Morgan fingerprint density at radius 1 is 0.760 bits per heavy atom. The van der Waals surface area contributed by atoms with Gasteiger partial charge in [-0.2, -0.15) is 0 Å². The molecule has 124 valence electrons. The van der Waals surface area contributed by atoms with Gasteiger partial charge in [0.05, 0.1) is 11.1 Å². The third kappa shape index (κ3) is 4.43. The summed E-state index contributed by atoms with van der Waals surface area (Å²) in [5, 5.41) is 5.99. The van der Waals surface area contributed by atoms with Crippen molar-refractivity contribution in [3.05, 3.63) is 89.2 Å². The second-order valence-electron chi connectivity index (χ2n) is 5.25. The van der Waals surface area contributed by atoms with Gasteiger partial charge in [-0.3, -0.25) is 14.6 Å². The summed E-state index contributed by atoms with van der Waals surface area (Å²) < 4.78 is 0. The van der Waals surface area contributed by atoms with Gasteiger partial charge in [0.15, 0.2) is 0 Å². The second kappa shape index (κ2) is 7.59. The van der Waals surface area contributed by atoms with Crippen LogP contribution in [0.25, 0.3) is 0 Å². The van der Waals surface area contributed by atoms with E-state index >= 15 is 0 Å². The van der Waals surface area contributed by atoms with Crippen LogP contribution >= 0.6 is 11.6 Å². The van der Waals surface area contributed by atoms with Crippen LogP contribution in [0.1, 0.15) is 20.7 Å². The van der Waals surface area contributed by atoms with Gasteiger partial charge in [0.25, 0.3) is 11.8 Å². The van der Waals surface area contributed by atoms with Crippen molar-refractivity contribution in [2.24, 2.45) is 0 Å². The summed E-state index contributed by atoms with van der Waals surface area (Å²) in [6, 6.07) is 17.4. The fourth-order valence-corrected chi connectivity index (χ4v) is 2.37. The van der Waals surface area contributed by atoms with Gasteiger partial charge in [-0.25, -0.2) is 0 Å². The number of nitrogens with one attached hydrogen (secondary N) is 2. The minimum absolute atomic E-state index is 0.278. The molecule has 0 saturated carbocycles. The van der Waals surface area contributed by atoms with Crippen LogP contribution < -0.4 is 10.6 Å². The summed E-state index contributed by atoms with van der Waals surface area (Å²) in [6.45, 7) is 0. The number of pyridine rings is 1. The predicted molar refractivity (Wildman–Crippen MR) is 98.0 cm³/mol. The average molecular weight is 352 g/mol.